The van der Waals surface area contributed by atoms with Crippen molar-refractivity contribution in [2.45, 2.75) is 6.92 Å². The van der Waals surface area contributed by atoms with Crippen molar-refractivity contribution < 1.29 is 18.4 Å². The average molecular weight is 295 g/mol. The van der Waals surface area contributed by atoms with E-state index in [2.05, 4.69) is 10.3 Å². The molecule has 0 saturated heterocycles. The van der Waals surface area contributed by atoms with E-state index in [9.17, 15) is 18.9 Å². The summed E-state index contributed by atoms with van der Waals surface area (Å²) in [7, 11) is 0. The lowest BCUT2D eigenvalue weighted by atomic mass is 10.3. The largest absolute Gasteiger partial charge is 0.436 e. The van der Waals surface area contributed by atoms with Crippen molar-refractivity contribution in [3.8, 4) is 11.6 Å². The standard InChI is InChI=1S/C13H11F2N3O3/c1-2-16-12-6-9(18(19)20)7-13(17-12)21-11-4-3-8(14)5-10(11)15/h3-7H,2H2,1H3,(H,16,17). The number of anilines is 1. The third kappa shape index (κ3) is 3.62. The number of nitro groups is 1. The Bertz CT molecular complexity index is 680. The lowest BCUT2D eigenvalue weighted by Gasteiger charge is -2.08. The van der Waals surface area contributed by atoms with Gasteiger partial charge in [-0.15, -0.1) is 0 Å². The number of hydrogen-bond acceptors (Lipinski definition) is 5. The van der Waals surface area contributed by atoms with Crippen molar-refractivity contribution in [2.75, 3.05) is 11.9 Å². The summed E-state index contributed by atoms with van der Waals surface area (Å²) in [6, 6.07) is 5.04. The molecule has 0 radical (unpaired) electrons. The Hall–Kier alpha value is -2.77. The van der Waals surface area contributed by atoms with Crippen LogP contribution in [-0.2, 0) is 0 Å². The van der Waals surface area contributed by atoms with Crippen LogP contribution >= 0.6 is 0 Å². The molecule has 6 nitrogen and oxygen atoms in total. The van der Waals surface area contributed by atoms with E-state index in [1.54, 1.807) is 6.92 Å². The molecule has 8 heteroatoms. The molecule has 21 heavy (non-hydrogen) atoms. The van der Waals surface area contributed by atoms with Crippen LogP contribution in [0.1, 0.15) is 6.92 Å². The maximum absolute atomic E-state index is 13.5. The van der Waals surface area contributed by atoms with Crippen molar-refractivity contribution in [1.29, 1.82) is 0 Å². The first-order valence-electron chi connectivity index (χ1n) is 6.03. The molecule has 0 unspecified atom stereocenters. The minimum absolute atomic E-state index is 0.161. The van der Waals surface area contributed by atoms with Gasteiger partial charge in [-0.05, 0) is 19.1 Å². The van der Waals surface area contributed by atoms with Crippen LogP contribution in [0.2, 0.25) is 0 Å². The summed E-state index contributed by atoms with van der Waals surface area (Å²) in [5.74, 6) is -1.88. The van der Waals surface area contributed by atoms with E-state index in [1.165, 1.54) is 6.07 Å². The molecular formula is C13H11F2N3O3. The summed E-state index contributed by atoms with van der Waals surface area (Å²) in [6.45, 7) is 2.29. The second-order valence-corrected chi connectivity index (χ2v) is 4.01. The van der Waals surface area contributed by atoms with Crippen molar-refractivity contribution >= 4 is 11.5 Å². The Kier molecular flexibility index (Phi) is 4.27. The molecule has 110 valence electrons. The number of rotatable bonds is 5. The Balaban J connectivity index is 2.36. The Morgan fingerprint density at radius 2 is 2.10 bits per heavy atom. The van der Waals surface area contributed by atoms with Gasteiger partial charge in [0.2, 0.25) is 5.88 Å². The molecule has 0 atom stereocenters. The SMILES string of the molecule is CCNc1cc([N+](=O)[O-])cc(Oc2ccc(F)cc2F)n1. The summed E-state index contributed by atoms with van der Waals surface area (Å²) in [6.07, 6.45) is 0. The highest BCUT2D eigenvalue weighted by atomic mass is 19.1. The van der Waals surface area contributed by atoms with Crippen LogP contribution in [0.3, 0.4) is 0 Å². The van der Waals surface area contributed by atoms with Crippen LogP contribution in [0.4, 0.5) is 20.3 Å². The van der Waals surface area contributed by atoms with E-state index in [-0.39, 0.29) is 23.1 Å². The third-order valence-electron chi connectivity index (χ3n) is 2.46. The fraction of sp³-hybridized carbons (Fsp3) is 0.154. The fourth-order valence-corrected chi connectivity index (χ4v) is 1.59. The molecule has 1 aromatic carbocycles. The van der Waals surface area contributed by atoms with Gasteiger partial charge in [0.1, 0.15) is 11.6 Å². The van der Waals surface area contributed by atoms with Crippen molar-refractivity contribution in [2.24, 2.45) is 0 Å². The molecule has 2 rings (SSSR count). The number of nitrogens with one attached hydrogen (secondary N) is 1. The first-order chi connectivity index (χ1) is 9.99. The minimum atomic E-state index is -0.923. The van der Waals surface area contributed by atoms with Gasteiger partial charge in [-0.2, -0.15) is 4.98 Å². The number of hydrogen-bond donors (Lipinski definition) is 1. The van der Waals surface area contributed by atoms with Crippen LogP contribution in [-0.4, -0.2) is 16.5 Å². The first kappa shape index (κ1) is 14.6. The molecular weight excluding hydrogens is 284 g/mol. The van der Waals surface area contributed by atoms with Crippen molar-refractivity contribution in [1.82, 2.24) is 4.98 Å². The van der Waals surface area contributed by atoms with E-state index < -0.39 is 16.6 Å². The Morgan fingerprint density at radius 1 is 1.33 bits per heavy atom. The summed E-state index contributed by atoms with van der Waals surface area (Å²) >= 11 is 0. The summed E-state index contributed by atoms with van der Waals surface area (Å²) < 4.78 is 31.5. The summed E-state index contributed by atoms with van der Waals surface area (Å²) in [4.78, 5) is 14.2. The Morgan fingerprint density at radius 3 is 2.71 bits per heavy atom. The molecule has 0 bridgehead atoms. The predicted molar refractivity (Wildman–Crippen MR) is 71.5 cm³/mol. The van der Waals surface area contributed by atoms with Gasteiger partial charge in [0, 0.05) is 12.6 Å². The summed E-state index contributed by atoms with van der Waals surface area (Å²) in [5, 5.41) is 13.6. The van der Waals surface area contributed by atoms with E-state index in [4.69, 9.17) is 4.74 Å². The highest BCUT2D eigenvalue weighted by molar-refractivity contribution is 5.49. The molecule has 0 fully saturated rings. The molecule has 1 aromatic heterocycles. The molecule has 0 aliphatic rings. The number of halogens is 2. The molecule has 2 aromatic rings. The summed E-state index contributed by atoms with van der Waals surface area (Å²) in [5.41, 5.74) is -0.251. The number of benzene rings is 1. The molecule has 0 aliphatic carbocycles. The number of pyridine rings is 1. The van der Waals surface area contributed by atoms with Crippen LogP contribution in [0.25, 0.3) is 0 Å². The lowest BCUT2D eigenvalue weighted by Crippen LogP contribution is -2.02. The third-order valence-corrected chi connectivity index (χ3v) is 2.46. The van der Waals surface area contributed by atoms with Gasteiger partial charge >= 0.3 is 0 Å². The van der Waals surface area contributed by atoms with E-state index in [1.807, 2.05) is 0 Å². The zero-order chi connectivity index (χ0) is 15.4. The fourth-order valence-electron chi connectivity index (χ4n) is 1.59. The van der Waals surface area contributed by atoms with Crippen LogP contribution in [0, 0.1) is 21.7 Å². The van der Waals surface area contributed by atoms with Gasteiger partial charge in [-0.3, -0.25) is 10.1 Å². The second-order valence-electron chi connectivity index (χ2n) is 4.01. The smallest absolute Gasteiger partial charge is 0.278 e. The lowest BCUT2D eigenvalue weighted by molar-refractivity contribution is -0.384. The first-order valence-corrected chi connectivity index (χ1v) is 6.03. The van der Waals surface area contributed by atoms with Gasteiger partial charge in [0.25, 0.3) is 5.69 Å². The molecule has 1 N–H and O–H groups in total. The van der Waals surface area contributed by atoms with Crippen molar-refractivity contribution in [3.63, 3.8) is 0 Å². The number of ether oxygens (including phenoxy) is 1. The van der Waals surface area contributed by atoms with Gasteiger partial charge in [-0.25, -0.2) is 8.78 Å². The quantitative estimate of drug-likeness (QED) is 0.675. The van der Waals surface area contributed by atoms with Gasteiger partial charge < -0.3 is 10.1 Å². The normalized spacial score (nSPS) is 10.2. The molecule has 0 saturated carbocycles. The molecule has 0 amide bonds. The zero-order valence-electron chi connectivity index (χ0n) is 11.0. The monoisotopic (exact) mass is 295 g/mol. The van der Waals surface area contributed by atoms with Crippen LogP contribution in [0.15, 0.2) is 30.3 Å². The molecule has 0 aliphatic heterocycles. The van der Waals surface area contributed by atoms with Crippen molar-refractivity contribution in [3.05, 3.63) is 52.1 Å². The molecule has 0 spiro atoms. The van der Waals surface area contributed by atoms with Gasteiger partial charge in [0.05, 0.1) is 17.1 Å². The van der Waals surface area contributed by atoms with Gasteiger partial charge in [0.15, 0.2) is 11.6 Å². The highest BCUT2D eigenvalue weighted by Crippen LogP contribution is 2.28. The van der Waals surface area contributed by atoms with Crippen LogP contribution in [0.5, 0.6) is 11.6 Å². The highest BCUT2D eigenvalue weighted by Gasteiger charge is 2.14. The average Bonchev–Trinajstić information content (AvgIpc) is 2.42. The van der Waals surface area contributed by atoms with Gasteiger partial charge in [-0.1, -0.05) is 0 Å². The zero-order valence-corrected chi connectivity index (χ0v) is 11.0. The van der Waals surface area contributed by atoms with Crippen LogP contribution < -0.4 is 10.1 Å². The minimum Gasteiger partial charge on any atom is -0.436 e. The number of aromatic nitrogens is 1. The molecule has 1 heterocycles. The predicted octanol–water partition coefficient (Wildman–Crippen LogP) is 3.49. The maximum Gasteiger partial charge on any atom is 0.278 e. The number of nitrogens with zero attached hydrogens (tertiary/aromatic N) is 2. The van der Waals surface area contributed by atoms with E-state index >= 15 is 0 Å². The van der Waals surface area contributed by atoms with E-state index in [0.29, 0.717) is 12.6 Å². The van der Waals surface area contributed by atoms with E-state index in [0.717, 1.165) is 18.2 Å². The second kappa shape index (κ2) is 6.12. The Labute approximate surface area is 118 Å². The topological polar surface area (TPSA) is 77.3 Å². The maximum atomic E-state index is 13.5.